The highest BCUT2D eigenvalue weighted by molar-refractivity contribution is 5.14. The maximum atomic E-state index is 3.41. The lowest BCUT2D eigenvalue weighted by molar-refractivity contribution is 0.337. The molecule has 1 N–H and O–H groups in total. The van der Waals surface area contributed by atoms with Gasteiger partial charge in [0.15, 0.2) is 0 Å². The van der Waals surface area contributed by atoms with Gasteiger partial charge in [0.1, 0.15) is 0 Å². The van der Waals surface area contributed by atoms with Crippen molar-refractivity contribution >= 4 is 0 Å². The summed E-state index contributed by atoms with van der Waals surface area (Å²) in [5.41, 5.74) is 1.34. The minimum absolute atomic E-state index is 0.941. The summed E-state index contributed by atoms with van der Waals surface area (Å²) in [4.78, 5) is 2.40. The molecule has 0 aliphatic heterocycles. The van der Waals surface area contributed by atoms with Gasteiger partial charge in [-0.2, -0.15) is 0 Å². The highest BCUT2D eigenvalue weighted by atomic mass is 15.1. The van der Waals surface area contributed by atoms with Gasteiger partial charge in [-0.05, 0) is 18.7 Å². The molecule has 0 saturated heterocycles. The lowest BCUT2D eigenvalue weighted by atomic mass is 10.2. The summed E-state index contributed by atoms with van der Waals surface area (Å²) in [6.45, 7) is 9.58. The molecule has 0 spiro atoms. The van der Waals surface area contributed by atoms with Crippen LogP contribution >= 0.6 is 0 Å². The smallest absolute Gasteiger partial charge is 0.0208 e. The van der Waals surface area contributed by atoms with E-state index >= 15 is 0 Å². The van der Waals surface area contributed by atoms with E-state index in [1.54, 1.807) is 0 Å². The van der Waals surface area contributed by atoms with Crippen LogP contribution in [0.4, 0.5) is 0 Å². The van der Waals surface area contributed by atoms with Gasteiger partial charge in [-0.15, -0.1) is 0 Å². The Hall–Kier alpha value is -1.12. The first-order valence-corrected chi connectivity index (χ1v) is 6.48. The van der Waals surface area contributed by atoms with Crippen LogP contribution in [0.25, 0.3) is 0 Å². The summed E-state index contributed by atoms with van der Waals surface area (Å²) < 4.78 is 0. The molecular weight excluding hydrogens is 208 g/mol. The number of hydrogen-bond acceptors (Lipinski definition) is 2. The fraction of sp³-hybridized carbons (Fsp3) is 0.467. The predicted octanol–water partition coefficient (Wildman–Crippen LogP) is 2.67. The van der Waals surface area contributed by atoms with Crippen molar-refractivity contribution in [2.75, 3.05) is 26.2 Å². The van der Waals surface area contributed by atoms with Crippen molar-refractivity contribution in [1.29, 1.82) is 0 Å². The Kier molecular flexibility index (Phi) is 7.35. The summed E-state index contributed by atoms with van der Waals surface area (Å²) in [5.74, 6) is 0. The van der Waals surface area contributed by atoms with Gasteiger partial charge < -0.3 is 10.2 Å². The van der Waals surface area contributed by atoms with E-state index < -0.39 is 0 Å². The molecule has 2 heteroatoms. The molecule has 94 valence electrons. The molecule has 0 aliphatic rings. The lowest BCUT2D eigenvalue weighted by Gasteiger charge is -2.14. The molecule has 0 bridgehead atoms. The number of nitrogens with one attached hydrogen (secondary N) is 1. The fourth-order valence-electron chi connectivity index (χ4n) is 1.68. The molecular formula is C15H24N2. The second kappa shape index (κ2) is 8.97. The Bertz CT molecular complexity index is 302. The molecule has 0 fully saturated rings. The summed E-state index contributed by atoms with van der Waals surface area (Å²) in [6, 6.07) is 10.5. The van der Waals surface area contributed by atoms with Gasteiger partial charge in [0, 0.05) is 19.6 Å². The summed E-state index contributed by atoms with van der Waals surface area (Å²) in [6.07, 6.45) is 4.45. The van der Waals surface area contributed by atoms with Gasteiger partial charge in [0.25, 0.3) is 0 Å². The van der Waals surface area contributed by atoms with E-state index in [1.165, 1.54) is 5.56 Å². The first-order valence-electron chi connectivity index (χ1n) is 6.48. The van der Waals surface area contributed by atoms with Crippen molar-refractivity contribution in [3.8, 4) is 0 Å². The summed E-state index contributed by atoms with van der Waals surface area (Å²) in [7, 11) is 0. The van der Waals surface area contributed by atoms with Crippen molar-refractivity contribution in [3.63, 3.8) is 0 Å². The second-order valence-corrected chi connectivity index (χ2v) is 4.07. The molecule has 0 radical (unpaired) electrons. The molecule has 0 heterocycles. The van der Waals surface area contributed by atoms with Crippen LogP contribution in [0.1, 0.15) is 19.4 Å². The quantitative estimate of drug-likeness (QED) is 0.547. The van der Waals surface area contributed by atoms with E-state index in [9.17, 15) is 0 Å². The van der Waals surface area contributed by atoms with Crippen LogP contribution in [-0.4, -0.2) is 31.1 Å². The third-order valence-electron chi connectivity index (χ3n) is 2.86. The van der Waals surface area contributed by atoms with Gasteiger partial charge in [0.05, 0.1) is 0 Å². The highest BCUT2D eigenvalue weighted by Crippen LogP contribution is 1.96. The Morgan fingerprint density at radius 3 is 2.41 bits per heavy atom. The molecule has 1 rings (SSSR count). The van der Waals surface area contributed by atoms with E-state index in [0.717, 1.165) is 32.7 Å². The lowest BCUT2D eigenvalue weighted by Crippen LogP contribution is -2.23. The van der Waals surface area contributed by atoms with Crippen LogP contribution in [0, 0.1) is 0 Å². The average molecular weight is 232 g/mol. The van der Waals surface area contributed by atoms with Crippen molar-refractivity contribution < 1.29 is 0 Å². The van der Waals surface area contributed by atoms with E-state index in [1.807, 2.05) is 6.07 Å². The predicted molar refractivity (Wildman–Crippen MR) is 75.1 cm³/mol. The number of nitrogens with zero attached hydrogens (tertiary/aromatic N) is 1. The molecule has 2 nitrogen and oxygen atoms in total. The highest BCUT2D eigenvalue weighted by Gasteiger charge is 1.93. The first-order chi connectivity index (χ1) is 8.36. The zero-order valence-electron chi connectivity index (χ0n) is 11.0. The molecule has 1 aromatic rings. The monoisotopic (exact) mass is 232 g/mol. The van der Waals surface area contributed by atoms with Gasteiger partial charge in [-0.25, -0.2) is 0 Å². The SMILES string of the molecule is CCN(CC)CC=CCNCc1ccccc1. The van der Waals surface area contributed by atoms with Crippen molar-refractivity contribution in [3.05, 3.63) is 48.0 Å². The maximum absolute atomic E-state index is 3.41. The van der Waals surface area contributed by atoms with Crippen LogP contribution in [0.5, 0.6) is 0 Å². The average Bonchev–Trinajstić information content (AvgIpc) is 2.39. The van der Waals surface area contributed by atoms with Crippen LogP contribution in [0.3, 0.4) is 0 Å². The number of rotatable bonds is 8. The third-order valence-corrected chi connectivity index (χ3v) is 2.86. The van der Waals surface area contributed by atoms with Gasteiger partial charge in [0.2, 0.25) is 0 Å². The van der Waals surface area contributed by atoms with E-state index in [-0.39, 0.29) is 0 Å². The normalized spacial score (nSPS) is 11.5. The number of likely N-dealkylation sites (N-methyl/N-ethyl adjacent to an activating group) is 1. The molecule has 0 aromatic heterocycles. The second-order valence-electron chi connectivity index (χ2n) is 4.07. The van der Waals surface area contributed by atoms with Gasteiger partial charge in [-0.1, -0.05) is 56.3 Å². The molecule has 0 unspecified atom stereocenters. The first kappa shape index (κ1) is 13.9. The molecule has 0 atom stereocenters. The third kappa shape index (κ3) is 6.25. The minimum atomic E-state index is 0.941. The Morgan fingerprint density at radius 1 is 1.06 bits per heavy atom. The van der Waals surface area contributed by atoms with E-state index in [2.05, 4.69) is 60.5 Å². The Balaban J connectivity index is 2.10. The van der Waals surface area contributed by atoms with Gasteiger partial charge >= 0.3 is 0 Å². The molecule has 17 heavy (non-hydrogen) atoms. The molecule has 0 aliphatic carbocycles. The zero-order chi connectivity index (χ0) is 12.3. The summed E-state index contributed by atoms with van der Waals surface area (Å²) in [5, 5.41) is 3.41. The van der Waals surface area contributed by atoms with Crippen LogP contribution < -0.4 is 5.32 Å². The Labute approximate surface area is 105 Å². The molecule has 0 saturated carbocycles. The van der Waals surface area contributed by atoms with Crippen molar-refractivity contribution in [2.45, 2.75) is 20.4 Å². The summed E-state index contributed by atoms with van der Waals surface area (Å²) >= 11 is 0. The standard InChI is InChI=1S/C15H24N2/c1-3-17(4-2)13-9-8-12-16-14-15-10-6-5-7-11-15/h5-11,16H,3-4,12-14H2,1-2H3. The Morgan fingerprint density at radius 2 is 1.76 bits per heavy atom. The van der Waals surface area contributed by atoms with Crippen molar-refractivity contribution in [2.24, 2.45) is 0 Å². The molecule has 0 amide bonds. The fourth-order valence-corrected chi connectivity index (χ4v) is 1.68. The van der Waals surface area contributed by atoms with Crippen LogP contribution in [0.2, 0.25) is 0 Å². The largest absolute Gasteiger partial charge is 0.309 e. The molecule has 1 aromatic carbocycles. The van der Waals surface area contributed by atoms with Crippen LogP contribution in [-0.2, 0) is 6.54 Å². The van der Waals surface area contributed by atoms with Crippen LogP contribution in [0.15, 0.2) is 42.5 Å². The van der Waals surface area contributed by atoms with Crippen molar-refractivity contribution in [1.82, 2.24) is 10.2 Å². The minimum Gasteiger partial charge on any atom is -0.309 e. The van der Waals surface area contributed by atoms with E-state index in [0.29, 0.717) is 0 Å². The van der Waals surface area contributed by atoms with E-state index in [4.69, 9.17) is 0 Å². The zero-order valence-corrected chi connectivity index (χ0v) is 11.0. The number of benzene rings is 1. The topological polar surface area (TPSA) is 15.3 Å². The van der Waals surface area contributed by atoms with Gasteiger partial charge in [-0.3, -0.25) is 0 Å². The number of hydrogen-bond donors (Lipinski definition) is 1. The maximum Gasteiger partial charge on any atom is 0.0208 e.